The Hall–Kier alpha value is -2.07. The topological polar surface area (TPSA) is 77.0 Å². The highest BCUT2D eigenvalue weighted by atomic mass is 127. The normalized spacial score (nSPS) is 12.1. The van der Waals surface area contributed by atoms with Crippen LogP contribution in [0.5, 0.6) is 11.6 Å². The van der Waals surface area contributed by atoms with E-state index in [9.17, 15) is 0 Å². The predicted molar refractivity (Wildman–Crippen MR) is 136 cm³/mol. The highest BCUT2D eigenvalue weighted by Crippen LogP contribution is 2.18. The van der Waals surface area contributed by atoms with Crippen LogP contribution in [0.15, 0.2) is 47.6 Å². The van der Waals surface area contributed by atoms with Crippen molar-refractivity contribution < 1.29 is 14.2 Å². The molecule has 2 N–H and O–H groups in total. The maximum Gasteiger partial charge on any atom is 0.213 e. The standard InChI is InChI=1S/C23H34N4O3.HI/c1-17(2)16-30-21-9-7-20(8-10-21)18(3)27-23(24-4)26-15-19-6-11-22(25-14-19)29-13-12-28-5;/h6-11,14,17-18H,12-13,15-16H2,1-5H3,(H2,24,26,27);1H. The minimum absolute atomic E-state index is 0. The second-order valence-electron chi connectivity index (χ2n) is 7.41. The summed E-state index contributed by atoms with van der Waals surface area (Å²) in [5.74, 6) is 2.72. The van der Waals surface area contributed by atoms with Crippen molar-refractivity contribution in [3.05, 3.63) is 53.7 Å². The summed E-state index contributed by atoms with van der Waals surface area (Å²) >= 11 is 0. The fourth-order valence-electron chi connectivity index (χ4n) is 2.61. The second kappa shape index (κ2) is 14.9. The molecule has 0 aliphatic heterocycles. The van der Waals surface area contributed by atoms with Crippen molar-refractivity contribution in [2.24, 2.45) is 10.9 Å². The lowest BCUT2D eigenvalue weighted by molar-refractivity contribution is 0.143. The number of nitrogens with zero attached hydrogens (tertiary/aromatic N) is 2. The molecule has 0 radical (unpaired) electrons. The van der Waals surface area contributed by atoms with Crippen molar-refractivity contribution in [3.8, 4) is 11.6 Å². The van der Waals surface area contributed by atoms with Gasteiger partial charge in [0, 0.05) is 33.0 Å². The lowest BCUT2D eigenvalue weighted by atomic mass is 10.1. The van der Waals surface area contributed by atoms with E-state index in [1.165, 1.54) is 0 Å². The minimum atomic E-state index is 0. The number of pyridine rings is 1. The molecule has 1 aromatic heterocycles. The molecule has 0 saturated carbocycles. The first kappa shape index (κ1) is 27.0. The highest BCUT2D eigenvalue weighted by Gasteiger charge is 2.09. The largest absolute Gasteiger partial charge is 0.493 e. The Morgan fingerprint density at radius 1 is 1.03 bits per heavy atom. The highest BCUT2D eigenvalue weighted by molar-refractivity contribution is 14.0. The van der Waals surface area contributed by atoms with Crippen LogP contribution in [-0.4, -0.2) is 44.9 Å². The maximum absolute atomic E-state index is 5.75. The lowest BCUT2D eigenvalue weighted by Gasteiger charge is -2.19. The Bertz CT molecular complexity index is 767. The molecule has 0 aliphatic rings. The smallest absolute Gasteiger partial charge is 0.213 e. The van der Waals surface area contributed by atoms with Crippen molar-refractivity contribution in [3.63, 3.8) is 0 Å². The molecule has 0 bridgehead atoms. The molecule has 1 heterocycles. The number of aromatic nitrogens is 1. The molecular weight excluding hydrogens is 507 g/mol. The van der Waals surface area contributed by atoms with E-state index in [1.807, 2.05) is 24.3 Å². The summed E-state index contributed by atoms with van der Waals surface area (Å²) in [5.41, 5.74) is 2.20. The molecule has 2 aromatic rings. The Labute approximate surface area is 203 Å². The van der Waals surface area contributed by atoms with Crippen LogP contribution in [0.4, 0.5) is 0 Å². The van der Waals surface area contributed by atoms with Gasteiger partial charge in [-0.15, -0.1) is 24.0 Å². The molecule has 0 spiro atoms. The van der Waals surface area contributed by atoms with Gasteiger partial charge in [0.2, 0.25) is 5.88 Å². The summed E-state index contributed by atoms with van der Waals surface area (Å²) in [6.45, 7) is 8.74. The number of methoxy groups -OCH3 is 1. The lowest BCUT2D eigenvalue weighted by Crippen LogP contribution is -2.38. The quantitative estimate of drug-likeness (QED) is 0.192. The third kappa shape index (κ3) is 10.2. The van der Waals surface area contributed by atoms with Gasteiger partial charge in [-0.1, -0.05) is 32.0 Å². The second-order valence-corrected chi connectivity index (χ2v) is 7.41. The monoisotopic (exact) mass is 542 g/mol. The Morgan fingerprint density at radius 3 is 2.35 bits per heavy atom. The van der Waals surface area contributed by atoms with E-state index in [2.05, 4.69) is 53.5 Å². The van der Waals surface area contributed by atoms with Gasteiger partial charge in [-0.05, 0) is 36.1 Å². The van der Waals surface area contributed by atoms with Gasteiger partial charge in [-0.25, -0.2) is 4.98 Å². The molecule has 1 aromatic carbocycles. The number of halogens is 1. The fourth-order valence-corrected chi connectivity index (χ4v) is 2.61. The van der Waals surface area contributed by atoms with Gasteiger partial charge in [-0.3, -0.25) is 4.99 Å². The number of hydrogen-bond donors (Lipinski definition) is 2. The summed E-state index contributed by atoms with van der Waals surface area (Å²) in [4.78, 5) is 8.62. The van der Waals surface area contributed by atoms with Crippen LogP contribution >= 0.6 is 24.0 Å². The van der Waals surface area contributed by atoms with Gasteiger partial charge in [0.25, 0.3) is 0 Å². The van der Waals surface area contributed by atoms with E-state index < -0.39 is 0 Å². The van der Waals surface area contributed by atoms with E-state index in [-0.39, 0.29) is 30.0 Å². The molecule has 7 nitrogen and oxygen atoms in total. The number of benzene rings is 1. The van der Waals surface area contributed by atoms with Gasteiger partial charge in [0.05, 0.1) is 19.3 Å². The summed E-state index contributed by atoms with van der Waals surface area (Å²) in [6.07, 6.45) is 1.79. The Kier molecular flexibility index (Phi) is 12.9. The Balaban J connectivity index is 0.00000480. The van der Waals surface area contributed by atoms with E-state index in [0.717, 1.165) is 29.4 Å². The first-order chi connectivity index (χ1) is 14.5. The molecule has 1 unspecified atom stereocenters. The van der Waals surface area contributed by atoms with Crippen LogP contribution in [0.2, 0.25) is 0 Å². The summed E-state index contributed by atoms with van der Waals surface area (Å²) in [5, 5.41) is 6.72. The molecule has 0 amide bonds. The zero-order valence-electron chi connectivity index (χ0n) is 19.1. The fraction of sp³-hybridized carbons (Fsp3) is 0.478. The van der Waals surface area contributed by atoms with E-state index in [0.29, 0.717) is 31.6 Å². The van der Waals surface area contributed by atoms with Gasteiger partial charge in [-0.2, -0.15) is 0 Å². The zero-order chi connectivity index (χ0) is 21.8. The number of ether oxygens (including phenoxy) is 3. The van der Waals surface area contributed by atoms with Crippen LogP contribution < -0.4 is 20.1 Å². The summed E-state index contributed by atoms with van der Waals surface area (Å²) < 4.78 is 16.2. The van der Waals surface area contributed by atoms with Crippen LogP contribution in [-0.2, 0) is 11.3 Å². The molecule has 0 fully saturated rings. The van der Waals surface area contributed by atoms with Crippen LogP contribution in [0.25, 0.3) is 0 Å². The van der Waals surface area contributed by atoms with E-state index in [1.54, 1.807) is 20.4 Å². The molecular formula is C23H35IN4O3. The SMILES string of the molecule is CN=C(NCc1ccc(OCCOC)nc1)NC(C)c1ccc(OCC(C)C)cc1.I. The average molecular weight is 542 g/mol. The molecule has 172 valence electrons. The maximum atomic E-state index is 5.75. The molecule has 2 rings (SSSR count). The van der Waals surface area contributed by atoms with Crippen molar-refractivity contribution in [2.75, 3.05) is 34.0 Å². The third-order valence-electron chi connectivity index (χ3n) is 4.34. The first-order valence-corrected chi connectivity index (χ1v) is 10.3. The number of hydrogen-bond acceptors (Lipinski definition) is 5. The van der Waals surface area contributed by atoms with E-state index >= 15 is 0 Å². The third-order valence-corrected chi connectivity index (χ3v) is 4.34. The van der Waals surface area contributed by atoms with Crippen LogP contribution in [0, 0.1) is 5.92 Å². The van der Waals surface area contributed by atoms with Crippen LogP contribution in [0.1, 0.15) is 37.9 Å². The van der Waals surface area contributed by atoms with Gasteiger partial charge in [0.15, 0.2) is 5.96 Å². The predicted octanol–water partition coefficient (Wildman–Crippen LogP) is 4.19. The van der Waals surface area contributed by atoms with Crippen molar-refractivity contribution in [1.29, 1.82) is 0 Å². The van der Waals surface area contributed by atoms with Crippen molar-refractivity contribution in [1.82, 2.24) is 15.6 Å². The van der Waals surface area contributed by atoms with Crippen molar-refractivity contribution >= 4 is 29.9 Å². The summed E-state index contributed by atoms with van der Waals surface area (Å²) in [6, 6.07) is 12.1. The number of rotatable bonds is 11. The van der Waals surface area contributed by atoms with Gasteiger partial charge in [0.1, 0.15) is 12.4 Å². The average Bonchev–Trinajstić information content (AvgIpc) is 2.76. The number of guanidine groups is 1. The summed E-state index contributed by atoms with van der Waals surface area (Å²) in [7, 11) is 3.40. The van der Waals surface area contributed by atoms with Crippen LogP contribution in [0.3, 0.4) is 0 Å². The van der Waals surface area contributed by atoms with Gasteiger partial charge >= 0.3 is 0 Å². The molecule has 1 atom stereocenters. The first-order valence-electron chi connectivity index (χ1n) is 10.3. The van der Waals surface area contributed by atoms with Gasteiger partial charge < -0.3 is 24.8 Å². The zero-order valence-corrected chi connectivity index (χ0v) is 21.4. The van der Waals surface area contributed by atoms with E-state index in [4.69, 9.17) is 14.2 Å². The number of aliphatic imine (C=N–C) groups is 1. The molecule has 8 heteroatoms. The minimum Gasteiger partial charge on any atom is -0.493 e. The molecule has 0 aliphatic carbocycles. The number of nitrogens with one attached hydrogen (secondary N) is 2. The molecule has 0 saturated heterocycles. The van der Waals surface area contributed by atoms with Crippen molar-refractivity contribution in [2.45, 2.75) is 33.4 Å². The molecule has 31 heavy (non-hydrogen) atoms. The Morgan fingerprint density at radius 2 is 1.77 bits per heavy atom.